The molecular formula is C20H28O10. The van der Waals surface area contributed by atoms with E-state index >= 15 is 0 Å². The van der Waals surface area contributed by atoms with E-state index in [0.29, 0.717) is 18.6 Å². The molecule has 1 aromatic carbocycles. The maximum absolute atomic E-state index is 11.9. The lowest BCUT2D eigenvalue weighted by Crippen LogP contribution is -2.56. The lowest BCUT2D eigenvalue weighted by atomic mass is 9.93. The highest BCUT2D eigenvalue weighted by Gasteiger charge is 2.41. The molecule has 0 radical (unpaired) electrons. The monoisotopic (exact) mass is 428 g/mol. The van der Waals surface area contributed by atoms with Crippen molar-refractivity contribution in [3.8, 4) is 11.5 Å². The molecule has 2 rings (SSSR count). The number of aliphatic hydroxyl groups excluding tert-OH is 3. The molecule has 0 bridgehead atoms. The molecule has 5 atom stereocenters. The Hall–Kier alpha value is -2.40. The van der Waals surface area contributed by atoms with Crippen LogP contribution in [0.3, 0.4) is 0 Å². The second-order valence-corrected chi connectivity index (χ2v) is 6.89. The number of carbonyl (C=O) groups excluding carboxylic acids is 2. The third kappa shape index (κ3) is 6.30. The van der Waals surface area contributed by atoms with Gasteiger partial charge in [-0.2, -0.15) is 0 Å². The lowest BCUT2D eigenvalue weighted by Gasteiger charge is -2.39. The van der Waals surface area contributed by atoms with Crippen LogP contribution in [0.2, 0.25) is 0 Å². The predicted molar refractivity (Wildman–Crippen MR) is 102 cm³/mol. The van der Waals surface area contributed by atoms with Gasteiger partial charge in [0.05, 0.1) is 38.6 Å². The van der Waals surface area contributed by atoms with Crippen LogP contribution in [0, 0.1) is 0 Å². The minimum absolute atomic E-state index is 0.187. The smallest absolute Gasteiger partial charge is 0.343 e. The molecule has 1 heterocycles. The molecule has 1 aliphatic rings. The van der Waals surface area contributed by atoms with Crippen LogP contribution in [0.1, 0.15) is 30.1 Å². The number of hydrogen-bond donors (Lipinski definition) is 3. The van der Waals surface area contributed by atoms with Crippen LogP contribution in [0.25, 0.3) is 0 Å². The van der Waals surface area contributed by atoms with Crippen LogP contribution in [0.5, 0.6) is 11.5 Å². The first-order valence-electron chi connectivity index (χ1n) is 9.52. The molecule has 0 spiro atoms. The van der Waals surface area contributed by atoms with Gasteiger partial charge in [-0.3, -0.25) is 0 Å². The van der Waals surface area contributed by atoms with Crippen molar-refractivity contribution in [2.45, 2.75) is 50.3 Å². The molecule has 30 heavy (non-hydrogen) atoms. The van der Waals surface area contributed by atoms with Gasteiger partial charge in [0, 0.05) is 6.07 Å². The summed E-state index contributed by atoms with van der Waals surface area (Å²) < 4.78 is 25.7. The van der Waals surface area contributed by atoms with Crippen molar-refractivity contribution in [3.05, 3.63) is 23.8 Å². The van der Waals surface area contributed by atoms with Crippen molar-refractivity contribution >= 4 is 11.9 Å². The van der Waals surface area contributed by atoms with Gasteiger partial charge in [0.2, 0.25) is 0 Å². The van der Waals surface area contributed by atoms with Crippen molar-refractivity contribution in [1.29, 1.82) is 0 Å². The van der Waals surface area contributed by atoms with Gasteiger partial charge in [-0.25, -0.2) is 9.59 Å². The van der Waals surface area contributed by atoms with E-state index in [1.54, 1.807) is 6.92 Å². The Morgan fingerprint density at radius 3 is 2.27 bits per heavy atom. The minimum atomic E-state index is -1.27. The summed E-state index contributed by atoms with van der Waals surface area (Å²) in [6, 6.07) is 4.41. The van der Waals surface area contributed by atoms with Crippen LogP contribution in [0.4, 0.5) is 0 Å². The van der Waals surface area contributed by atoms with Crippen molar-refractivity contribution < 1.29 is 48.6 Å². The molecular weight excluding hydrogens is 400 g/mol. The first kappa shape index (κ1) is 23.9. The summed E-state index contributed by atoms with van der Waals surface area (Å²) in [6.45, 7) is 1.52. The molecule has 0 amide bonds. The van der Waals surface area contributed by atoms with Crippen LogP contribution in [0.15, 0.2) is 18.2 Å². The Morgan fingerprint density at radius 1 is 0.967 bits per heavy atom. The van der Waals surface area contributed by atoms with Gasteiger partial charge in [0.15, 0.2) is 6.61 Å². The molecule has 1 saturated heterocycles. The van der Waals surface area contributed by atoms with Crippen LogP contribution < -0.4 is 9.47 Å². The summed E-state index contributed by atoms with van der Waals surface area (Å²) in [5, 5.41) is 29.6. The van der Waals surface area contributed by atoms with E-state index in [-0.39, 0.29) is 24.5 Å². The molecule has 1 aromatic rings. The Morgan fingerprint density at radius 2 is 1.63 bits per heavy atom. The van der Waals surface area contributed by atoms with E-state index in [1.165, 1.54) is 32.4 Å². The zero-order valence-electron chi connectivity index (χ0n) is 17.1. The van der Waals surface area contributed by atoms with Gasteiger partial charge in [-0.15, -0.1) is 0 Å². The Balaban J connectivity index is 1.94. The SMILES string of the molecule is COC(=O)COc1cc(OCCCC2OC(C)C(O)C(O)C2O)cc(C(=O)OC)c1. The fourth-order valence-electron chi connectivity index (χ4n) is 3.02. The van der Waals surface area contributed by atoms with Gasteiger partial charge in [0.25, 0.3) is 0 Å². The first-order valence-corrected chi connectivity index (χ1v) is 9.52. The molecule has 10 nitrogen and oxygen atoms in total. The number of methoxy groups -OCH3 is 2. The molecule has 5 unspecified atom stereocenters. The van der Waals surface area contributed by atoms with Crippen LogP contribution >= 0.6 is 0 Å². The number of carbonyl (C=O) groups is 2. The third-order valence-corrected chi connectivity index (χ3v) is 4.74. The standard InChI is InChI=1S/C20H28O10/c1-11-17(22)19(24)18(23)15(30-11)5-4-6-28-13-7-12(20(25)27-3)8-14(9-13)29-10-16(21)26-2/h7-9,11,15,17-19,22-24H,4-6,10H2,1-3H3. The summed E-state index contributed by atoms with van der Waals surface area (Å²) >= 11 is 0. The Bertz CT molecular complexity index is 722. The van der Waals surface area contributed by atoms with Crippen molar-refractivity contribution in [3.63, 3.8) is 0 Å². The molecule has 168 valence electrons. The fraction of sp³-hybridized carbons (Fsp3) is 0.600. The van der Waals surface area contributed by atoms with E-state index < -0.39 is 42.5 Å². The normalized spacial score (nSPS) is 26.0. The largest absolute Gasteiger partial charge is 0.493 e. The molecule has 0 aromatic heterocycles. The second kappa shape index (κ2) is 11.1. The zero-order chi connectivity index (χ0) is 22.3. The number of rotatable bonds is 9. The lowest BCUT2D eigenvalue weighted by molar-refractivity contribution is -0.218. The van der Waals surface area contributed by atoms with E-state index in [1.807, 2.05) is 0 Å². The van der Waals surface area contributed by atoms with E-state index in [0.717, 1.165) is 0 Å². The summed E-state index contributed by atoms with van der Waals surface area (Å²) in [5.74, 6) is -0.612. The maximum atomic E-state index is 11.9. The van der Waals surface area contributed by atoms with Gasteiger partial charge in [-0.05, 0) is 31.9 Å². The molecule has 1 aliphatic heterocycles. The molecule has 1 fully saturated rings. The first-order chi connectivity index (χ1) is 14.3. The number of ether oxygens (including phenoxy) is 5. The van der Waals surface area contributed by atoms with Crippen molar-refractivity contribution in [2.75, 3.05) is 27.4 Å². The summed E-state index contributed by atoms with van der Waals surface area (Å²) in [6.07, 6.45) is -3.99. The quantitative estimate of drug-likeness (QED) is 0.365. The van der Waals surface area contributed by atoms with Gasteiger partial charge < -0.3 is 39.0 Å². The molecule has 3 N–H and O–H groups in total. The zero-order valence-corrected chi connectivity index (χ0v) is 17.1. The van der Waals surface area contributed by atoms with Crippen LogP contribution in [-0.4, -0.2) is 85.2 Å². The average Bonchev–Trinajstić information content (AvgIpc) is 2.75. The highest BCUT2D eigenvalue weighted by Crippen LogP contribution is 2.26. The molecule has 10 heteroatoms. The molecule has 0 saturated carbocycles. The summed E-state index contributed by atoms with van der Waals surface area (Å²) in [4.78, 5) is 23.1. The van der Waals surface area contributed by atoms with E-state index in [9.17, 15) is 24.9 Å². The highest BCUT2D eigenvalue weighted by molar-refractivity contribution is 5.90. The van der Waals surface area contributed by atoms with Gasteiger partial charge >= 0.3 is 11.9 Å². The van der Waals surface area contributed by atoms with Crippen LogP contribution in [-0.2, 0) is 19.0 Å². The summed E-state index contributed by atoms with van der Waals surface area (Å²) in [5.41, 5.74) is 0.187. The number of esters is 2. The maximum Gasteiger partial charge on any atom is 0.343 e. The van der Waals surface area contributed by atoms with Gasteiger partial charge in [0.1, 0.15) is 29.8 Å². The van der Waals surface area contributed by atoms with E-state index in [2.05, 4.69) is 4.74 Å². The van der Waals surface area contributed by atoms with Crippen molar-refractivity contribution in [1.82, 2.24) is 0 Å². The second-order valence-electron chi connectivity index (χ2n) is 6.89. The average molecular weight is 428 g/mol. The topological polar surface area (TPSA) is 141 Å². The predicted octanol–water partition coefficient (Wildman–Crippen LogP) is 0.0540. The third-order valence-electron chi connectivity index (χ3n) is 4.74. The summed E-state index contributed by atoms with van der Waals surface area (Å²) in [7, 11) is 2.48. The number of benzene rings is 1. The van der Waals surface area contributed by atoms with Crippen molar-refractivity contribution in [2.24, 2.45) is 0 Å². The van der Waals surface area contributed by atoms with E-state index in [4.69, 9.17) is 18.9 Å². The Kier molecular flexibility index (Phi) is 8.85. The highest BCUT2D eigenvalue weighted by atomic mass is 16.6. The number of hydrogen-bond acceptors (Lipinski definition) is 10. The molecule has 0 aliphatic carbocycles. The number of aliphatic hydroxyl groups is 3. The Labute approximate surface area is 174 Å². The minimum Gasteiger partial charge on any atom is -0.493 e. The van der Waals surface area contributed by atoms with Gasteiger partial charge in [-0.1, -0.05) is 0 Å². The fourth-order valence-corrected chi connectivity index (χ4v) is 3.02.